The van der Waals surface area contributed by atoms with Gasteiger partial charge in [-0.05, 0) is 55.0 Å². The number of aryl methyl sites for hydroxylation is 1. The van der Waals surface area contributed by atoms with Gasteiger partial charge in [-0.25, -0.2) is 8.42 Å². The molecule has 1 amide bonds. The summed E-state index contributed by atoms with van der Waals surface area (Å²) in [7, 11) is -2.12. The highest BCUT2D eigenvalue weighted by Crippen LogP contribution is 2.32. The molecule has 1 aliphatic heterocycles. The van der Waals surface area contributed by atoms with Gasteiger partial charge in [0.15, 0.2) is 0 Å². The van der Waals surface area contributed by atoms with E-state index in [0.29, 0.717) is 16.9 Å². The quantitative estimate of drug-likeness (QED) is 0.669. The fourth-order valence-electron chi connectivity index (χ4n) is 3.29. The number of fused-ring (bicyclic) bond motifs is 1. The van der Waals surface area contributed by atoms with Gasteiger partial charge >= 0.3 is 0 Å². The Bertz CT molecular complexity index is 1190. The summed E-state index contributed by atoms with van der Waals surface area (Å²) >= 11 is 0. The lowest BCUT2D eigenvalue weighted by Crippen LogP contribution is -2.20. The molecule has 1 heterocycles. The average Bonchev–Trinajstić information content (AvgIpc) is 2.98. The highest BCUT2D eigenvalue weighted by atomic mass is 32.2. The largest absolute Gasteiger partial charge is 0.354 e. The summed E-state index contributed by atoms with van der Waals surface area (Å²) in [6.45, 7) is 2.01. The Kier molecular flexibility index (Phi) is 4.76. The zero-order valence-electron chi connectivity index (χ0n) is 16.1. The molecule has 7 heteroatoms. The van der Waals surface area contributed by atoms with Crippen molar-refractivity contribution in [3.05, 3.63) is 77.9 Å². The maximum Gasteiger partial charge on any atom is 0.261 e. The molecule has 3 aromatic carbocycles. The van der Waals surface area contributed by atoms with E-state index in [9.17, 15) is 13.2 Å². The minimum Gasteiger partial charge on any atom is -0.354 e. The Hall–Kier alpha value is -3.32. The molecule has 0 saturated carbocycles. The van der Waals surface area contributed by atoms with Crippen LogP contribution >= 0.6 is 0 Å². The summed E-state index contributed by atoms with van der Waals surface area (Å²) in [5.74, 6) is -0.0462. The van der Waals surface area contributed by atoms with Crippen LogP contribution in [-0.2, 0) is 21.2 Å². The first-order valence-corrected chi connectivity index (χ1v) is 10.7. The molecule has 0 aliphatic carbocycles. The molecule has 3 aromatic rings. The van der Waals surface area contributed by atoms with Gasteiger partial charge in [-0.2, -0.15) is 0 Å². The number of nitrogens with one attached hydrogen (secondary N) is 2. The number of anilines is 4. The number of amides is 1. The molecule has 0 unspecified atom stereocenters. The predicted octanol–water partition coefficient (Wildman–Crippen LogP) is 4.06. The number of sulfonamides is 1. The first-order chi connectivity index (χ1) is 13.8. The summed E-state index contributed by atoms with van der Waals surface area (Å²) in [4.78, 5) is 13.5. The normalized spacial score (nSPS) is 13.3. The van der Waals surface area contributed by atoms with E-state index in [1.54, 1.807) is 36.2 Å². The molecule has 0 fully saturated rings. The van der Waals surface area contributed by atoms with Gasteiger partial charge in [0.25, 0.3) is 10.0 Å². The second kappa shape index (κ2) is 7.25. The first-order valence-electron chi connectivity index (χ1n) is 9.18. The number of hydrogen-bond donors (Lipinski definition) is 2. The van der Waals surface area contributed by atoms with E-state index in [1.807, 2.05) is 43.3 Å². The monoisotopic (exact) mass is 407 g/mol. The Labute approximate surface area is 170 Å². The van der Waals surface area contributed by atoms with Crippen molar-refractivity contribution < 1.29 is 13.2 Å². The van der Waals surface area contributed by atoms with E-state index in [4.69, 9.17) is 0 Å². The summed E-state index contributed by atoms with van der Waals surface area (Å²) in [6.07, 6.45) is 0.209. The topological polar surface area (TPSA) is 78.5 Å². The molecular formula is C22H21N3O3S. The van der Waals surface area contributed by atoms with Crippen LogP contribution in [0.25, 0.3) is 0 Å². The Morgan fingerprint density at radius 1 is 0.931 bits per heavy atom. The Balaban J connectivity index is 1.62. The summed E-state index contributed by atoms with van der Waals surface area (Å²) in [5, 5.41) is 3.25. The number of likely N-dealkylation sites (N-methyl/N-ethyl adjacent to an activating group) is 1. The van der Waals surface area contributed by atoms with Crippen molar-refractivity contribution in [2.24, 2.45) is 0 Å². The fraction of sp³-hybridized carbons (Fsp3) is 0.136. The van der Waals surface area contributed by atoms with Crippen molar-refractivity contribution in [3.63, 3.8) is 0 Å². The maximum atomic E-state index is 13.0. The number of hydrogen-bond acceptors (Lipinski definition) is 4. The standard InChI is InChI=1S/C22H21N3O3S/c1-15-7-9-17(10-8-15)23-19-5-3-4-6-20(19)24-29(27,28)18-11-12-21-16(13-18)14-22(26)25(21)2/h3-13,23-24H,14H2,1-2H3. The van der Waals surface area contributed by atoms with Crippen LogP contribution in [0.5, 0.6) is 0 Å². The lowest BCUT2D eigenvalue weighted by Gasteiger charge is -2.15. The first kappa shape index (κ1) is 19.0. The van der Waals surface area contributed by atoms with Crippen LogP contribution in [0.1, 0.15) is 11.1 Å². The minimum atomic E-state index is -3.81. The van der Waals surface area contributed by atoms with Gasteiger partial charge in [-0.15, -0.1) is 0 Å². The molecule has 6 nitrogen and oxygen atoms in total. The number of carbonyl (C=O) groups excluding carboxylic acids is 1. The van der Waals surface area contributed by atoms with Gasteiger partial charge in [0.2, 0.25) is 5.91 Å². The van der Waals surface area contributed by atoms with E-state index < -0.39 is 10.0 Å². The molecule has 4 rings (SSSR count). The molecule has 0 spiro atoms. The lowest BCUT2D eigenvalue weighted by atomic mass is 10.2. The minimum absolute atomic E-state index is 0.0462. The molecule has 0 bridgehead atoms. The van der Waals surface area contributed by atoms with Crippen LogP contribution in [-0.4, -0.2) is 21.4 Å². The number of para-hydroxylation sites is 2. The summed E-state index contributed by atoms with van der Waals surface area (Å²) in [5.41, 5.74) is 4.56. The number of benzene rings is 3. The van der Waals surface area contributed by atoms with Crippen molar-refractivity contribution in [2.75, 3.05) is 22.0 Å². The van der Waals surface area contributed by atoms with E-state index >= 15 is 0 Å². The lowest BCUT2D eigenvalue weighted by molar-refractivity contribution is -0.117. The second-order valence-electron chi connectivity index (χ2n) is 7.06. The molecule has 0 radical (unpaired) electrons. The summed E-state index contributed by atoms with van der Waals surface area (Å²) < 4.78 is 28.6. The van der Waals surface area contributed by atoms with Crippen LogP contribution < -0.4 is 14.9 Å². The van der Waals surface area contributed by atoms with Crippen molar-refractivity contribution in [1.29, 1.82) is 0 Å². The highest BCUT2D eigenvalue weighted by Gasteiger charge is 2.26. The molecule has 29 heavy (non-hydrogen) atoms. The van der Waals surface area contributed by atoms with E-state index in [1.165, 1.54) is 6.07 Å². The smallest absolute Gasteiger partial charge is 0.261 e. The fourth-order valence-corrected chi connectivity index (χ4v) is 4.42. The van der Waals surface area contributed by atoms with Crippen LogP contribution in [0.3, 0.4) is 0 Å². The average molecular weight is 407 g/mol. The molecule has 0 atom stereocenters. The molecule has 2 N–H and O–H groups in total. The van der Waals surface area contributed by atoms with Crippen LogP contribution in [0.15, 0.2) is 71.6 Å². The van der Waals surface area contributed by atoms with Crippen molar-refractivity contribution in [3.8, 4) is 0 Å². The van der Waals surface area contributed by atoms with Gasteiger partial charge in [0, 0.05) is 18.4 Å². The van der Waals surface area contributed by atoms with Crippen molar-refractivity contribution in [2.45, 2.75) is 18.2 Å². The number of nitrogens with zero attached hydrogens (tertiary/aromatic N) is 1. The van der Waals surface area contributed by atoms with Gasteiger partial charge in [0.05, 0.1) is 22.7 Å². The zero-order valence-corrected chi connectivity index (χ0v) is 17.0. The number of rotatable bonds is 5. The second-order valence-corrected chi connectivity index (χ2v) is 8.74. The van der Waals surface area contributed by atoms with Crippen molar-refractivity contribution in [1.82, 2.24) is 0 Å². The Morgan fingerprint density at radius 2 is 1.62 bits per heavy atom. The third-order valence-electron chi connectivity index (χ3n) is 4.94. The van der Waals surface area contributed by atoms with E-state index in [0.717, 1.165) is 16.9 Å². The van der Waals surface area contributed by atoms with Gasteiger partial charge in [-0.3, -0.25) is 9.52 Å². The third-order valence-corrected chi connectivity index (χ3v) is 6.30. The van der Waals surface area contributed by atoms with Crippen LogP contribution in [0.2, 0.25) is 0 Å². The number of carbonyl (C=O) groups is 1. The highest BCUT2D eigenvalue weighted by molar-refractivity contribution is 7.92. The van der Waals surface area contributed by atoms with E-state index in [-0.39, 0.29) is 17.2 Å². The van der Waals surface area contributed by atoms with Crippen LogP contribution in [0.4, 0.5) is 22.7 Å². The predicted molar refractivity (Wildman–Crippen MR) is 115 cm³/mol. The molecule has 1 aliphatic rings. The van der Waals surface area contributed by atoms with E-state index in [2.05, 4.69) is 10.0 Å². The van der Waals surface area contributed by atoms with Gasteiger partial charge in [0.1, 0.15) is 0 Å². The van der Waals surface area contributed by atoms with Gasteiger partial charge in [-0.1, -0.05) is 29.8 Å². The zero-order chi connectivity index (χ0) is 20.6. The molecular weight excluding hydrogens is 386 g/mol. The van der Waals surface area contributed by atoms with Crippen molar-refractivity contribution >= 4 is 38.7 Å². The summed E-state index contributed by atoms with van der Waals surface area (Å²) in [6, 6.07) is 19.7. The van der Waals surface area contributed by atoms with Gasteiger partial charge < -0.3 is 10.2 Å². The SMILES string of the molecule is Cc1ccc(Nc2ccccc2NS(=O)(=O)c2ccc3c(c2)CC(=O)N3C)cc1. The van der Waals surface area contributed by atoms with Crippen LogP contribution in [0, 0.1) is 6.92 Å². The maximum absolute atomic E-state index is 13.0. The Morgan fingerprint density at radius 3 is 2.34 bits per heavy atom. The molecule has 148 valence electrons. The molecule has 0 aromatic heterocycles. The molecule has 0 saturated heterocycles. The third kappa shape index (κ3) is 3.82.